The van der Waals surface area contributed by atoms with Crippen LogP contribution >= 0.6 is 0 Å². The molecule has 0 aliphatic carbocycles. The molecule has 5 atom stereocenters. The highest BCUT2D eigenvalue weighted by atomic mass is 79.9. The summed E-state index contributed by atoms with van der Waals surface area (Å²) in [4.78, 5) is 12.5. The van der Waals surface area contributed by atoms with Gasteiger partial charge in [0.1, 0.15) is 12.6 Å². The van der Waals surface area contributed by atoms with E-state index in [0.717, 1.165) is 30.3 Å². The van der Waals surface area contributed by atoms with Crippen molar-refractivity contribution in [2.45, 2.75) is 69.9 Å². The first-order valence-corrected chi connectivity index (χ1v) is 10.9. The number of carbonyl (C=O) groups excluding carboxylic acids is 1. The predicted molar refractivity (Wildman–Crippen MR) is 113 cm³/mol. The number of hydrogen-bond donors (Lipinski definition) is 1. The number of fused-ring (bicyclic) bond motifs is 2. The lowest BCUT2D eigenvalue weighted by Crippen LogP contribution is -3.00. The van der Waals surface area contributed by atoms with Crippen molar-refractivity contribution in [3.63, 3.8) is 0 Å². The molecule has 0 spiro atoms. The van der Waals surface area contributed by atoms with Crippen LogP contribution in [-0.4, -0.2) is 40.8 Å². The van der Waals surface area contributed by atoms with Crippen LogP contribution in [0.3, 0.4) is 0 Å². The number of aliphatic hydroxyl groups excluding tert-OH is 1. The van der Waals surface area contributed by atoms with Crippen molar-refractivity contribution >= 4 is 5.97 Å². The number of esters is 1. The van der Waals surface area contributed by atoms with Crippen molar-refractivity contribution in [2.24, 2.45) is 0 Å². The summed E-state index contributed by atoms with van der Waals surface area (Å²) in [6.07, 6.45) is 3.91. The third kappa shape index (κ3) is 4.63. The summed E-state index contributed by atoms with van der Waals surface area (Å²) in [5.41, 5.74) is 3.35. The van der Waals surface area contributed by atoms with Crippen LogP contribution in [0.1, 0.15) is 55.4 Å². The minimum Gasteiger partial charge on any atom is -1.00 e. The Bertz CT molecular complexity index is 825. The molecule has 1 N–H and O–H groups in total. The van der Waals surface area contributed by atoms with E-state index in [1.807, 2.05) is 18.2 Å². The zero-order chi connectivity index (χ0) is 20.4. The van der Waals surface area contributed by atoms with E-state index in [9.17, 15) is 9.90 Å². The SMILES string of the molecule is CCc1ccc(C[N+]2(C)[C@@H]3CC[C@H]2CC(OC(=O)C(O)c2ccccc2)C3)cc1.[Br-]. The molecule has 0 aromatic heterocycles. The summed E-state index contributed by atoms with van der Waals surface area (Å²) in [5, 5.41) is 10.3. The van der Waals surface area contributed by atoms with Crippen LogP contribution < -0.4 is 17.0 Å². The van der Waals surface area contributed by atoms with E-state index in [4.69, 9.17) is 4.74 Å². The Balaban J connectivity index is 0.00000256. The number of benzene rings is 2. The van der Waals surface area contributed by atoms with Crippen molar-refractivity contribution in [1.29, 1.82) is 0 Å². The fraction of sp³-hybridized carbons (Fsp3) is 0.480. The van der Waals surface area contributed by atoms with Crippen LogP contribution in [-0.2, 0) is 22.5 Å². The van der Waals surface area contributed by atoms with Crippen molar-refractivity contribution in [1.82, 2.24) is 0 Å². The van der Waals surface area contributed by atoms with E-state index in [-0.39, 0.29) is 23.1 Å². The highest BCUT2D eigenvalue weighted by molar-refractivity contribution is 5.76. The molecule has 5 heteroatoms. The van der Waals surface area contributed by atoms with Gasteiger partial charge in [-0.1, -0.05) is 61.5 Å². The summed E-state index contributed by atoms with van der Waals surface area (Å²) in [5.74, 6) is -0.521. The minimum atomic E-state index is -1.20. The zero-order valence-corrected chi connectivity index (χ0v) is 19.4. The van der Waals surface area contributed by atoms with E-state index in [0.29, 0.717) is 17.6 Å². The lowest BCUT2D eigenvalue weighted by atomic mass is 9.95. The molecule has 2 aliphatic heterocycles. The summed E-state index contributed by atoms with van der Waals surface area (Å²) >= 11 is 0. The van der Waals surface area contributed by atoms with E-state index in [1.54, 1.807) is 12.1 Å². The lowest BCUT2D eigenvalue weighted by molar-refractivity contribution is -0.961. The molecule has 0 saturated carbocycles. The molecule has 0 amide bonds. The van der Waals surface area contributed by atoms with Crippen molar-refractivity contribution in [3.8, 4) is 0 Å². The molecule has 162 valence electrons. The standard InChI is InChI=1S/C25H32NO3.BrH/c1-3-18-9-11-19(12-10-18)17-26(2)21-13-14-22(26)16-23(15-21)29-25(28)24(27)20-7-5-4-6-8-20;/h4-12,21-24,27H,3,13-17H2,1-2H3;1H/q+1;/p-1/t21-,22+,23?,24?,26?;. The zero-order valence-electron chi connectivity index (χ0n) is 17.8. The van der Waals surface area contributed by atoms with Crippen molar-refractivity contribution < 1.29 is 36.1 Å². The second-order valence-corrected chi connectivity index (χ2v) is 8.90. The highest BCUT2D eigenvalue weighted by Gasteiger charge is 2.52. The van der Waals surface area contributed by atoms with E-state index < -0.39 is 12.1 Å². The maximum atomic E-state index is 12.5. The number of nitrogens with zero attached hydrogens (tertiary/aromatic N) is 1. The third-order valence-corrected chi connectivity index (χ3v) is 7.15. The Labute approximate surface area is 190 Å². The van der Waals surface area contributed by atoms with Gasteiger partial charge < -0.3 is 31.3 Å². The van der Waals surface area contributed by atoms with Gasteiger partial charge in [0.05, 0.1) is 19.1 Å². The fourth-order valence-electron chi connectivity index (χ4n) is 5.32. The van der Waals surface area contributed by atoms with E-state index in [1.165, 1.54) is 24.0 Å². The topological polar surface area (TPSA) is 46.5 Å². The molecule has 4 rings (SSSR count). The Morgan fingerprint density at radius 2 is 1.60 bits per heavy atom. The van der Waals surface area contributed by atoms with Gasteiger partial charge in [0, 0.05) is 31.2 Å². The van der Waals surface area contributed by atoms with Crippen LogP contribution in [0.2, 0.25) is 0 Å². The van der Waals surface area contributed by atoms with Gasteiger partial charge in [-0.2, -0.15) is 0 Å². The van der Waals surface area contributed by atoms with E-state index >= 15 is 0 Å². The molecular weight excluding hydrogens is 442 g/mol. The molecular formula is C25H32BrNO3. The first-order chi connectivity index (χ1) is 14.0. The monoisotopic (exact) mass is 473 g/mol. The lowest BCUT2D eigenvalue weighted by Gasteiger charge is -2.47. The van der Waals surface area contributed by atoms with E-state index in [2.05, 4.69) is 38.2 Å². The Morgan fingerprint density at radius 3 is 2.17 bits per heavy atom. The summed E-state index contributed by atoms with van der Waals surface area (Å²) in [6, 6.07) is 19.1. The number of carbonyl (C=O) groups is 1. The summed E-state index contributed by atoms with van der Waals surface area (Å²) in [7, 11) is 2.37. The van der Waals surface area contributed by atoms with Gasteiger partial charge in [0.25, 0.3) is 0 Å². The number of rotatable bonds is 6. The first-order valence-electron chi connectivity index (χ1n) is 10.9. The average Bonchev–Trinajstić information content (AvgIpc) is 2.91. The number of aryl methyl sites for hydroxylation is 1. The van der Waals surface area contributed by atoms with Gasteiger partial charge in [-0.3, -0.25) is 0 Å². The van der Waals surface area contributed by atoms with Gasteiger partial charge in [-0.15, -0.1) is 0 Å². The smallest absolute Gasteiger partial charge is 0.339 e. The molecule has 2 heterocycles. The molecule has 2 saturated heterocycles. The molecule has 0 radical (unpaired) electrons. The van der Waals surface area contributed by atoms with Gasteiger partial charge in [0.15, 0.2) is 6.10 Å². The predicted octanol–water partition coefficient (Wildman–Crippen LogP) is 1.17. The van der Waals surface area contributed by atoms with Crippen LogP contribution in [0.5, 0.6) is 0 Å². The molecule has 3 unspecified atom stereocenters. The second-order valence-electron chi connectivity index (χ2n) is 8.90. The number of piperidine rings is 1. The van der Waals surface area contributed by atoms with Gasteiger partial charge >= 0.3 is 5.97 Å². The summed E-state index contributed by atoms with van der Waals surface area (Å²) in [6.45, 7) is 3.22. The van der Waals surface area contributed by atoms with Gasteiger partial charge in [-0.25, -0.2) is 4.79 Å². The number of ether oxygens (including phenoxy) is 1. The molecule has 2 aromatic carbocycles. The van der Waals surface area contributed by atoms with Gasteiger partial charge in [-0.05, 0) is 17.5 Å². The second kappa shape index (κ2) is 9.63. The Hall–Kier alpha value is -1.69. The summed E-state index contributed by atoms with van der Waals surface area (Å²) < 4.78 is 6.81. The Morgan fingerprint density at radius 1 is 1.03 bits per heavy atom. The highest BCUT2D eigenvalue weighted by Crippen LogP contribution is 2.43. The number of aliphatic hydroxyl groups is 1. The van der Waals surface area contributed by atoms with Crippen LogP contribution in [0, 0.1) is 0 Å². The largest absolute Gasteiger partial charge is 1.00 e. The van der Waals surface area contributed by atoms with Crippen LogP contribution in [0.25, 0.3) is 0 Å². The van der Waals surface area contributed by atoms with Crippen LogP contribution in [0.15, 0.2) is 54.6 Å². The number of halogens is 1. The number of hydrogen-bond acceptors (Lipinski definition) is 3. The Kier molecular flexibility index (Phi) is 7.38. The van der Waals surface area contributed by atoms with Crippen molar-refractivity contribution in [3.05, 3.63) is 71.3 Å². The maximum Gasteiger partial charge on any atom is 0.339 e. The fourth-order valence-corrected chi connectivity index (χ4v) is 5.32. The normalized spacial score (nSPS) is 28.4. The quantitative estimate of drug-likeness (QED) is 0.505. The molecule has 2 aliphatic rings. The van der Waals surface area contributed by atoms with Crippen LogP contribution in [0.4, 0.5) is 0 Å². The molecule has 2 fully saturated rings. The maximum absolute atomic E-state index is 12.5. The molecule has 2 aromatic rings. The molecule has 4 nitrogen and oxygen atoms in total. The van der Waals surface area contributed by atoms with Gasteiger partial charge in [0.2, 0.25) is 0 Å². The minimum absolute atomic E-state index is 0. The number of quaternary nitrogens is 1. The molecule has 2 bridgehead atoms. The first kappa shape index (κ1) is 23.0. The average molecular weight is 474 g/mol. The molecule has 30 heavy (non-hydrogen) atoms. The van der Waals surface area contributed by atoms with Crippen molar-refractivity contribution in [2.75, 3.05) is 7.05 Å². The third-order valence-electron chi connectivity index (χ3n) is 7.15.